The molecule has 1 atom stereocenters. The van der Waals surface area contributed by atoms with E-state index in [1.807, 2.05) is 0 Å². The number of likely N-dealkylation sites (tertiary alicyclic amines) is 1. The van der Waals surface area contributed by atoms with Crippen molar-refractivity contribution in [1.29, 1.82) is 0 Å². The minimum absolute atomic E-state index is 0. The molecule has 2 nitrogen and oxygen atoms in total. The summed E-state index contributed by atoms with van der Waals surface area (Å²) in [5.41, 5.74) is 1.21. The van der Waals surface area contributed by atoms with E-state index in [0.29, 0.717) is 0 Å². The number of aliphatic hydroxyl groups is 1. The van der Waals surface area contributed by atoms with Gasteiger partial charge in [-0.05, 0) is 70.7 Å². The Morgan fingerprint density at radius 2 is 1.57 bits per heavy atom. The molecule has 3 heterocycles. The van der Waals surface area contributed by atoms with Gasteiger partial charge in [0.05, 0.1) is 0 Å². The lowest BCUT2D eigenvalue weighted by molar-refractivity contribution is 0.00851. The Kier molecular flexibility index (Phi) is 7.29. The third-order valence-electron chi connectivity index (χ3n) is 4.87. The molecular formula is C18H26BrNOS2. The fourth-order valence-corrected chi connectivity index (χ4v) is 4.95. The molecule has 23 heavy (non-hydrogen) atoms. The van der Waals surface area contributed by atoms with Crippen LogP contribution in [-0.4, -0.2) is 29.6 Å². The van der Waals surface area contributed by atoms with E-state index < -0.39 is 5.60 Å². The predicted molar refractivity (Wildman–Crippen MR) is 106 cm³/mol. The van der Waals surface area contributed by atoms with Crippen molar-refractivity contribution in [2.24, 2.45) is 5.92 Å². The van der Waals surface area contributed by atoms with Crippen molar-refractivity contribution in [3.63, 3.8) is 0 Å². The van der Waals surface area contributed by atoms with Gasteiger partial charge in [0, 0.05) is 12.5 Å². The lowest BCUT2D eigenvalue weighted by atomic mass is 9.79. The van der Waals surface area contributed by atoms with Crippen molar-refractivity contribution in [1.82, 2.24) is 4.90 Å². The number of nitrogens with zero attached hydrogens (tertiary/aromatic N) is 1. The van der Waals surface area contributed by atoms with Gasteiger partial charge in [0.1, 0.15) is 5.60 Å². The minimum Gasteiger partial charge on any atom is -0.380 e. The van der Waals surface area contributed by atoms with Crippen LogP contribution in [0.15, 0.2) is 33.7 Å². The van der Waals surface area contributed by atoms with Gasteiger partial charge in [-0.1, -0.05) is 19.8 Å². The average Bonchev–Trinajstić information content (AvgIpc) is 3.18. The summed E-state index contributed by atoms with van der Waals surface area (Å²) in [5.74, 6) is 0.176. The third-order valence-corrected chi connectivity index (χ3v) is 6.23. The first-order chi connectivity index (χ1) is 10.7. The molecule has 0 amide bonds. The molecule has 2 aromatic heterocycles. The molecule has 0 bridgehead atoms. The largest absolute Gasteiger partial charge is 0.380 e. The maximum Gasteiger partial charge on any atom is 0.120 e. The number of hydrogen-bond acceptors (Lipinski definition) is 4. The molecular weight excluding hydrogens is 390 g/mol. The normalized spacial score (nSPS) is 18.2. The van der Waals surface area contributed by atoms with Crippen molar-refractivity contribution in [2.75, 3.05) is 19.6 Å². The molecule has 5 heteroatoms. The van der Waals surface area contributed by atoms with Gasteiger partial charge in [-0.3, -0.25) is 0 Å². The van der Waals surface area contributed by atoms with Crippen molar-refractivity contribution in [2.45, 2.75) is 38.2 Å². The second-order valence-electron chi connectivity index (χ2n) is 6.41. The number of halogens is 1. The maximum atomic E-state index is 11.6. The average molecular weight is 416 g/mol. The monoisotopic (exact) mass is 415 g/mol. The summed E-state index contributed by atoms with van der Waals surface area (Å²) in [6, 6.07) is 4.14. The fourth-order valence-electron chi connectivity index (χ4n) is 3.54. The summed E-state index contributed by atoms with van der Waals surface area (Å²) < 4.78 is 0. The molecule has 3 rings (SSSR count). The van der Waals surface area contributed by atoms with E-state index in [9.17, 15) is 5.11 Å². The van der Waals surface area contributed by atoms with Crippen LogP contribution in [0.2, 0.25) is 0 Å². The summed E-state index contributed by atoms with van der Waals surface area (Å²) in [6.45, 7) is 5.50. The molecule has 2 aromatic rings. The molecule has 1 unspecified atom stereocenters. The first-order valence-corrected chi connectivity index (χ1v) is 10.1. The standard InChI is InChI=1S/C18H25NOS2.BrH/c1-15(12-19-8-4-2-3-5-9-19)18(20,16-6-10-21-13-16)17-7-11-22-14-17;/h6-7,10-11,13-15,20H,2-5,8-9,12H2,1H3;1H. The van der Waals surface area contributed by atoms with Crippen molar-refractivity contribution < 1.29 is 5.11 Å². The molecule has 1 aliphatic heterocycles. The van der Waals surface area contributed by atoms with Gasteiger partial charge >= 0.3 is 0 Å². The van der Waals surface area contributed by atoms with Gasteiger partial charge in [-0.15, -0.1) is 17.0 Å². The van der Waals surface area contributed by atoms with E-state index in [-0.39, 0.29) is 22.9 Å². The van der Waals surface area contributed by atoms with Crippen LogP contribution in [0.4, 0.5) is 0 Å². The highest BCUT2D eigenvalue weighted by Crippen LogP contribution is 2.39. The second-order valence-corrected chi connectivity index (χ2v) is 7.97. The Labute approximate surface area is 157 Å². The zero-order valence-corrected chi connectivity index (χ0v) is 17.0. The van der Waals surface area contributed by atoms with Crippen LogP contribution >= 0.6 is 39.7 Å². The van der Waals surface area contributed by atoms with Crippen LogP contribution in [0, 0.1) is 5.92 Å². The second kappa shape index (κ2) is 8.77. The number of rotatable bonds is 5. The number of hydrogen-bond donors (Lipinski definition) is 1. The van der Waals surface area contributed by atoms with Crippen LogP contribution in [0.25, 0.3) is 0 Å². The molecule has 0 aromatic carbocycles. The summed E-state index contributed by atoms with van der Waals surface area (Å²) in [4.78, 5) is 2.54. The SMILES string of the molecule is Br.CC(CN1CCCCCC1)C(O)(c1ccsc1)c1ccsc1. The van der Waals surface area contributed by atoms with Gasteiger partial charge < -0.3 is 10.0 Å². The highest BCUT2D eigenvalue weighted by molar-refractivity contribution is 8.93. The Bertz CT molecular complexity index is 513. The predicted octanol–water partition coefficient (Wildman–Crippen LogP) is 5.14. The molecule has 128 valence electrons. The summed E-state index contributed by atoms with van der Waals surface area (Å²) >= 11 is 3.32. The van der Waals surface area contributed by atoms with Gasteiger partial charge in [-0.25, -0.2) is 0 Å². The lowest BCUT2D eigenvalue weighted by Gasteiger charge is -2.36. The molecule has 1 saturated heterocycles. The zero-order chi connectivity index (χ0) is 15.4. The highest BCUT2D eigenvalue weighted by Gasteiger charge is 2.39. The maximum absolute atomic E-state index is 11.6. The van der Waals surface area contributed by atoms with Crippen molar-refractivity contribution >= 4 is 39.7 Å². The Morgan fingerprint density at radius 3 is 2.00 bits per heavy atom. The topological polar surface area (TPSA) is 23.5 Å². The minimum atomic E-state index is -0.869. The summed E-state index contributed by atoms with van der Waals surface area (Å²) in [5, 5.41) is 19.9. The zero-order valence-electron chi connectivity index (χ0n) is 13.6. The van der Waals surface area contributed by atoms with Gasteiger partial charge in [0.2, 0.25) is 0 Å². The van der Waals surface area contributed by atoms with E-state index in [2.05, 4.69) is 45.5 Å². The Morgan fingerprint density at radius 1 is 1.04 bits per heavy atom. The quantitative estimate of drug-likeness (QED) is 0.730. The summed E-state index contributed by atoms with van der Waals surface area (Å²) in [6.07, 6.45) is 5.29. The summed E-state index contributed by atoms with van der Waals surface area (Å²) in [7, 11) is 0. The van der Waals surface area contributed by atoms with Crippen LogP contribution < -0.4 is 0 Å². The molecule has 0 saturated carbocycles. The molecule has 1 N–H and O–H groups in total. The molecule has 0 spiro atoms. The fraction of sp³-hybridized carbons (Fsp3) is 0.556. The van der Waals surface area contributed by atoms with Crippen LogP contribution in [0.5, 0.6) is 0 Å². The van der Waals surface area contributed by atoms with Crippen LogP contribution in [0.1, 0.15) is 43.7 Å². The van der Waals surface area contributed by atoms with Crippen LogP contribution in [-0.2, 0) is 5.60 Å². The molecule has 0 radical (unpaired) electrons. The van der Waals surface area contributed by atoms with Crippen molar-refractivity contribution in [3.8, 4) is 0 Å². The molecule has 1 fully saturated rings. The Hall–Kier alpha value is -0.200. The van der Waals surface area contributed by atoms with Crippen LogP contribution in [0.3, 0.4) is 0 Å². The van der Waals surface area contributed by atoms with E-state index in [0.717, 1.165) is 17.7 Å². The molecule has 1 aliphatic rings. The van der Waals surface area contributed by atoms with E-state index >= 15 is 0 Å². The van der Waals surface area contributed by atoms with E-state index in [4.69, 9.17) is 0 Å². The lowest BCUT2D eigenvalue weighted by Crippen LogP contribution is -2.42. The van der Waals surface area contributed by atoms with Crippen molar-refractivity contribution in [3.05, 3.63) is 44.8 Å². The first kappa shape index (κ1) is 19.1. The van der Waals surface area contributed by atoms with E-state index in [1.165, 1.54) is 38.8 Å². The van der Waals surface area contributed by atoms with Gasteiger partial charge in [0.25, 0.3) is 0 Å². The third kappa shape index (κ3) is 4.26. The Balaban J connectivity index is 0.00000192. The smallest absolute Gasteiger partial charge is 0.120 e. The number of thiophene rings is 2. The van der Waals surface area contributed by atoms with Gasteiger partial charge in [-0.2, -0.15) is 22.7 Å². The first-order valence-electron chi connectivity index (χ1n) is 8.21. The molecule has 0 aliphatic carbocycles. The van der Waals surface area contributed by atoms with Gasteiger partial charge in [0.15, 0.2) is 0 Å². The highest BCUT2D eigenvalue weighted by atomic mass is 79.9. The van der Waals surface area contributed by atoms with E-state index in [1.54, 1.807) is 22.7 Å².